The molecule has 2 rings (SSSR count). The highest BCUT2D eigenvalue weighted by molar-refractivity contribution is 6.31. The molecule has 0 atom stereocenters. The van der Waals surface area contributed by atoms with E-state index in [4.69, 9.17) is 17.3 Å². The van der Waals surface area contributed by atoms with Gasteiger partial charge in [-0.05, 0) is 18.6 Å². The lowest BCUT2D eigenvalue weighted by Crippen LogP contribution is -2.07. The van der Waals surface area contributed by atoms with Gasteiger partial charge in [0.05, 0.1) is 5.69 Å². The Bertz CT molecular complexity index is 505. The monoisotopic (exact) mass is 249 g/mol. The predicted octanol–water partition coefficient (Wildman–Crippen LogP) is 2.94. The van der Waals surface area contributed by atoms with Gasteiger partial charge in [0.15, 0.2) is 0 Å². The highest BCUT2D eigenvalue weighted by Crippen LogP contribution is 2.24. The summed E-state index contributed by atoms with van der Waals surface area (Å²) in [5.41, 5.74) is 7.75. The molecule has 1 heterocycles. The average molecular weight is 250 g/mol. The fourth-order valence-electron chi connectivity index (χ4n) is 1.94. The SMILES string of the molecule is CCCc1nccn1-c1cccc(Cl)c1CN. The van der Waals surface area contributed by atoms with Crippen LogP contribution >= 0.6 is 11.6 Å². The maximum absolute atomic E-state index is 6.16. The van der Waals surface area contributed by atoms with Crippen molar-refractivity contribution >= 4 is 11.6 Å². The summed E-state index contributed by atoms with van der Waals surface area (Å²) in [5, 5.41) is 0.709. The van der Waals surface area contributed by atoms with Crippen LogP contribution in [-0.2, 0) is 13.0 Å². The lowest BCUT2D eigenvalue weighted by Gasteiger charge is -2.13. The molecular weight excluding hydrogens is 234 g/mol. The van der Waals surface area contributed by atoms with Crippen LogP contribution < -0.4 is 5.73 Å². The number of nitrogens with zero attached hydrogens (tertiary/aromatic N) is 2. The summed E-state index contributed by atoms with van der Waals surface area (Å²) in [6.07, 6.45) is 5.78. The van der Waals surface area contributed by atoms with Crippen LogP contribution in [0.3, 0.4) is 0 Å². The molecule has 2 aromatic rings. The molecule has 0 spiro atoms. The van der Waals surface area contributed by atoms with Crippen LogP contribution in [0.5, 0.6) is 0 Å². The topological polar surface area (TPSA) is 43.8 Å². The van der Waals surface area contributed by atoms with Gasteiger partial charge in [-0.2, -0.15) is 0 Å². The maximum atomic E-state index is 6.16. The minimum atomic E-state index is 0.429. The zero-order valence-corrected chi connectivity index (χ0v) is 10.6. The number of aromatic nitrogens is 2. The van der Waals surface area contributed by atoms with Gasteiger partial charge in [0, 0.05) is 35.9 Å². The second-order valence-corrected chi connectivity index (χ2v) is 4.31. The van der Waals surface area contributed by atoms with E-state index in [1.807, 2.05) is 30.6 Å². The summed E-state index contributed by atoms with van der Waals surface area (Å²) in [7, 11) is 0. The number of aryl methyl sites for hydroxylation is 1. The Hall–Kier alpha value is -1.32. The molecule has 1 aromatic carbocycles. The van der Waals surface area contributed by atoms with Crippen molar-refractivity contribution in [3.05, 3.63) is 47.0 Å². The van der Waals surface area contributed by atoms with Crippen molar-refractivity contribution in [1.29, 1.82) is 0 Å². The van der Waals surface area contributed by atoms with Crippen molar-refractivity contribution in [2.24, 2.45) is 5.73 Å². The quantitative estimate of drug-likeness (QED) is 0.906. The molecule has 0 aliphatic carbocycles. The molecule has 0 amide bonds. The number of hydrogen-bond acceptors (Lipinski definition) is 2. The van der Waals surface area contributed by atoms with Gasteiger partial charge in [0.1, 0.15) is 5.82 Å². The lowest BCUT2D eigenvalue weighted by atomic mass is 10.1. The Labute approximate surface area is 106 Å². The molecule has 0 saturated carbocycles. The minimum Gasteiger partial charge on any atom is -0.326 e. The normalized spacial score (nSPS) is 10.8. The van der Waals surface area contributed by atoms with Gasteiger partial charge in [-0.25, -0.2) is 4.98 Å². The summed E-state index contributed by atoms with van der Waals surface area (Å²) < 4.78 is 2.07. The molecule has 0 aliphatic heterocycles. The van der Waals surface area contributed by atoms with Crippen LogP contribution in [0, 0.1) is 0 Å². The van der Waals surface area contributed by atoms with Gasteiger partial charge in [0.25, 0.3) is 0 Å². The average Bonchev–Trinajstić information content (AvgIpc) is 2.77. The van der Waals surface area contributed by atoms with Gasteiger partial charge < -0.3 is 10.3 Å². The van der Waals surface area contributed by atoms with E-state index in [1.54, 1.807) is 0 Å². The van der Waals surface area contributed by atoms with E-state index in [-0.39, 0.29) is 0 Å². The highest BCUT2D eigenvalue weighted by atomic mass is 35.5. The standard InChI is InChI=1S/C13H16ClN3/c1-2-4-13-16-7-8-17(13)12-6-3-5-11(14)10(12)9-15/h3,5-8H,2,4,9,15H2,1H3. The molecule has 17 heavy (non-hydrogen) atoms. The molecule has 0 fully saturated rings. The summed E-state index contributed by atoms with van der Waals surface area (Å²) in [4.78, 5) is 4.37. The van der Waals surface area contributed by atoms with E-state index in [1.165, 1.54) is 0 Å². The zero-order valence-electron chi connectivity index (χ0n) is 9.86. The van der Waals surface area contributed by atoms with E-state index in [9.17, 15) is 0 Å². The van der Waals surface area contributed by atoms with Crippen molar-refractivity contribution in [2.45, 2.75) is 26.3 Å². The van der Waals surface area contributed by atoms with Crippen LogP contribution in [0.15, 0.2) is 30.6 Å². The lowest BCUT2D eigenvalue weighted by molar-refractivity contribution is 0.803. The number of benzene rings is 1. The van der Waals surface area contributed by atoms with Crippen molar-refractivity contribution < 1.29 is 0 Å². The second kappa shape index (κ2) is 5.34. The van der Waals surface area contributed by atoms with Gasteiger partial charge in [-0.3, -0.25) is 0 Å². The number of halogens is 1. The first-order chi connectivity index (χ1) is 8.27. The van der Waals surface area contributed by atoms with Crippen molar-refractivity contribution in [2.75, 3.05) is 0 Å². The first kappa shape index (κ1) is 12.1. The number of imidazole rings is 1. The Kier molecular flexibility index (Phi) is 3.82. The molecule has 0 radical (unpaired) electrons. The molecular formula is C13H16ClN3. The van der Waals surface area contributed by atoms with E-state index in [0.717, 1.165) is 29.9 Å². The van der Waals surface area contributed by atoms with E-state index >= 15 is 0 Å². The van der Waals surface area contributed by atoms with Crippen LogP contribution in [-0.4, -0.2) is 9.55 Å². The molecule has 90 valence electrons. The van der Waals surface area contributed by atoms with Gasteiger partial charge in [0.2, 0.25) is 0 Å². The van der Waals surface area contributed by atoms with E-state index < -0.39 is 0 Å². The summed E-state index contributed by atoms with van der Waals surface area (Å²) in [5.74, 6) is 1.05. The van der Waals surface area contributed by atoms with Crippen molar-refractivity contribution in [3.63, 3.8) is 0 Å². The molecule has 0 unspecified atom stereocenters. The van der Waals surface area contributed by atoms with Crippen molar-refractivity contribution in [1.82, 2.24) is 9.55 Å². The molecule has 0 aliphatic rings. The fraction of sp³-hybridized carbons (Fsp3) is 0.308. The molecule has 0 bridgehead atoms. The number of nitrogens with two attached hydrogens (primary N) is 1. The third-order valence-corrected chi connectivity index (χ3v) is 3.10. The highest BCUT2D eigenvalue weighted by Gasteiger charge is 2.10. The summed E-state index contributed by atoms with van der Waals surface area (Å²) in [6, 6.07) is 5.82. The molecule has 2 N–H and O–H groups in total. The van der Waals surface area contributed by atoms with Crippen LogP contribution in [0.1, 0.15) is 24.7 Å². The van der Waals surface area contributed by atoms with Gasteiger partial charge >= 0.3 is 0 Å². The molecule has 3 nitrogen and oxygen atoms in total. The third kappa shape index (κ3) is 2.35. The van der Waals surface area contributed by atoms with E-state index in [0.29, 0.717) is 11.6 Å². The van der Waals surface area contributed by atoms with Crippen LogP contribution in [0.2, 0.25) is 5.02 Å². The zero-order chi connectivity index (χ0) is 12.3. The minimum absolute atomic E-state index is 0.429. The first-order valence-electron chi connectivity index (χ1n) is 5.78. The maximum Gasteiger partial charge on any atom is 0.113 e. The fourth-order valence-corrected chi connectivity index (χ4v) is 2.18. The number of hydrogen-bond donors (Lipinski definition) is 1. The Morgan fingerprint density at radius 2 is 2.24 bits per heavy atom. The molecule has 0 saturated heterocycles. The van der Waals surface area contributed by atoms with Crippen molar-refractivity contribution in [3.8, 4) is 5.69 Å². The Balaban J connectivity index is 2.52. The second-order valence-electron chi connectivity index (χ2n) is 3.91. The first-order valence-corrected chi connectivity index (χ1v) is 6.15. The van der Waals surface area contributed by atoms with Gasteiger partial charge in [-0.15, -0.1) is 0 Å². The smallest absolute Gasteiger partial charge is 0.113 e. The van der Waals surface area contributed by atoms with Gasteiger partial charge in [-0.1, -0.05) is 24.6 Å². The largest absolute Gasteiger partial charge is 0.326 e. The molecule has 4 heteroatoms. The van der Waals surface area contributed by atoms with Crippen LogP contribution in [0.4, 0.5) is 0 Å². The number of rotatable bonds is 4. The Morgan fingerprint density at radius 3 is 2.94 bits per heavy atom. The molecule has 1 aromatic heterocycles. The van der Waals surface area contributed by atoms with E-state index in [2.05, 4.69) is 16.5 Å². The third-order valence-electron chi connectivity index (χ3n) is 2.75. The summed E-state index contributed by atoms with van der Waals surface area (Å²) in [6.45, 7) is 2.57. The Morgan fingerprint density at radius 1 is 1.41 bits per heavy atom. The predicted molar refractivity (Wildman–Crippen MR) is 70.5 cm³/mol. The van der Waals surface area contributed by atoms with Crippen LogP contribution in [0.25, 0.3) is 5.69 Å². The summed E-state index contributed by atoms with van der Waals surface area (Å²) >= 11 is 6.16.